The van der Waals surface area contributed by atoms with E-state index in [4.69, 9.17) is 4.74 Å². The first-order valence-corrected chi connectivity index (χ1v) is 8.35. The third-order valence-electron chi connectivity index (χ3n) is 3.31. The maximum absolute atomic E-state index is 12.0. The Morgan fingerprint density at radius 1 is 1.08 bits per heavy atom. The molecule has 0 fully saturated rings. The number of benzene rings is 2. The maximum atomic E-state index is 12.0. The molecule has 0 aliphatic heterocycles. The van der Waals surface area contributed by atoms with Gasteiger partial charge in [0.15, 0.2) is 5.16 Å². The number of thioether (sulfide) groups is 1. The molecule has 2 aromatic carbocycles. The molecule has 24 heavy (non-hydrogen) atoms. The van der Waals surface area contributed by atoms with Crippen LogP contribution < -0.4 is 10.3 Å². The topological polar surface area (TPSA) is 78.8 Å². The fourth-order valence-electron chi connectivity index (χ4n) is 2.17. The van der Waals surface area contributed by atoms with Gasteiger partial charge in [-0.1, -0.05) is 30.0 Å². The number of para-hydroxylation sites is 1. The third kappa shape index (κ3) is 3.31. The first-order chi connectivity index (χ1) is 11.7. The SMILES string of the molecule is CSc1nc(-c2ccc(Oc3ccccc3)cc2)c(C#N)c(=O)[nH]1. The van der Waals surface area contributed by atoms with Gasteiger partial charge < -0.3 is 9.72 Å². The molecule has 1 heterocycles. The summed E-state index contributed by atoms with van der Waals surface area (Å²) in [4.78, 5) is 18.9. The monoisotopic (exact) mass is 335 g/mol. The fraction of sp³-hybridized carbons (Fsp3) is 0.0556. The highest BCUT2D eigenvalue weighted by Crippen LogP contribution is 2.26. The van der Waals surface area contributed by atoms with Crippen LogP contribution in [0.15, 0.2) is 64.5 Å². The summed E-state index contributed by atoms with van der Waals surface area (Å²) < 4.78 is 5.74. The van der Waals surface area contributed by atoms with Crippen LogP contribution in [-0.2, 0) is 0 Å². The van der Waals surface area contributed by atoms with Gasteiger partial charge in [0.25, 0.3) is 5.56 Å². The first-order valence-electron chi connectivity index (χ1n) is 7.13. The zero-order valence-corrected chi connectivity index (χ0v) is 13.6. The Labute approximate surface area is 143 Å². The van der Waals surface area contributed by atoms with Gasteiger partial charge in [-0.15, -0.1) is 0 Å². The lowest BCUT2D eigenvalue weighted by Crippen LogP contribution is -2.14. The lowest BCUT2D eigenvalue weighted by molar-refractivity contribution is 0.483. The van der Waals surface area contributed by atoms with Gasteiger partial charge in [0.1, 0.15) is 23.1 Å². The number of nitrogens with zero attached hydrogens (tertiary/aromatic N) is 2. The van der Waals surface area contributed by atoms with E-state index in [0.29, 0.717) is 22.2 Å². The summed E-state index contributed by atoms with van der Waals surface area (Å²) in [6.07, 6.45) is 1.81. The minimum Gasteiger partial charge on any atom is -0.457 e. The van der Waals surface area contributed by atoms with Crippen LogP contribution in [-0.4, -0.2) is 16.2 Å². The Balaban J connectivity index is 1.95. The van der Waals surface area contributed by atoms with Crippen LogP contribution >= 0.6 is 11.8 Å². The van der Waals surface area contributed by atoms with Crippen molar-refractivity contribution in [2.24, 2.45) is 0 Å². The Bertz CT molecular complexity index is 945. The molecule has 0 amide bonds. The molecule has 3 rings (SSSR count). The summed E-state index contributed by atoms with van der Waals surface area (Å²) in [6, 6.07) is 18.5. The van der Waals surface area contributed by atoms with Crippen LogP contribution in [0, 0.1) is 11.3 Å². The van der Waals surface area contributed by atoms with Crippen molar-refractivity contribution in [1.29, 1.82) is 5.26 Å². The summed E-state index contributed by atoms with van der Waals surface area (Å²) >= 11 is 1.32. The van der Waals surface area contributed by atoms with E-state index >= 15 is 0 Å². The van der Waals surface area contributed by atoms with Gasteiger partial charge in [0.05, 0.1) is 5.69 Å². The van der Waals surface area contributed by atoms with Crippen molar-refractivity contribution in [2.75, 3.05) is 6.26 Å². The number of hydrogen-bond donors (Lipinski definition) is 1. The van der Waals surface area contributed by atoms with Crippen LogP contribution in [0.1, 0.15) is 5.56 Å². The first kappa shape index (κ1) is 15.8. The number of ether oxygens (including phenoxy) is 1. The zero-order chi connectivity index (χ0) is 16.9. The smallest absolute Gasteiger partial charge is 0.270 e. The molecule has 0 aliphatic rings. The number of aromatic amines is 1. The van der Waals surface area contributed by atoms with Gasteiger partial charge in [-0.2, -0.15) is 5.26 Å². The highest BCUT2D eigenvalue weighted by molar-refractivity contribution is 7.98. The van der Waals surface area contributed by atoms with E-state index in [1.165, 1.54) is 11.8 Å². The number of nitriles is 1. The molecule has 3 aromatic rings. The van der Waals surface area contributed by atoms with Crippen molar-refractivity contribution < 1.29 is 4.74 Å². The van der Waals surface area contributed by atoms with Crippen molar-refractivity contribution in [1.82, 2.24) is 9.97 Å². The highest BCUT2D eigenvalue weighted by Gasteiger charge is 2.13. The average Bonchev–Trinajstić information content (AvgIpc) is 2.62. The number of nitrogens with one attached hydrogen (secondary N) is 1. The minimum absolute atomic E-state index is 0.00419. The summed E-state index contributed by atoms with van der Waals surface area (Å²) in [5.41, 5.74) is 0.631. The van der Waals surface area contributed by atoms with Crippen LogP contribution in [0.25, 0.3) is 11.3 Å². The predicted octanol–water partition coefficient (Wildman–Crippen LogP) is 3.82. The Morgan fingerprint density at radius 3 is 2.38 bits per heavy atom. The van der Waals surface area contributed by atoms with Gasteiger partial charge in [-0.05, 0) is 42.7 Å². The van der Waals surface area contributed by atoms with Crippen LogP contribution in [0.4, 0.5) is 0 Å². The third-order valence-corrected chi connectivity index (χ3v) is 3.89. The molecule has 1 aromatic heterocycles. The molecule has 0 radical (unpaired) electrons. The molecule has 0 saturated heterocycles. The second-order valence-corrected chi connectivity index (χ2v) is 5.65. The van der Waals surface area contributed by atoms with E-state index in [0.717, 1.165) is 5.75 Å². The van der Waals surface area contributed by atoms with E-state index < -0.39 is 5.56 Å². The molecule has 1 N–H and O–H groups in total. The lowest BCUT2D eigenvalue weighted by atomic mass is 10.1. The quantitative estimate of drug-likeness (QED) is 0.579. The van der Waals surface area contributed by atoms with Crippen molar-refractivity contribution in [3.63, 3.8) is 0 Å². The molecular weight excluding hydrogens is 322 g/mol. The summed E-state index contributed by atoms with van der Waals surface area (Å²) in [5, 5.41) is 9.70. The second-order valence-electron chi connectivity index (χ2n) is 4.85. The van der Waals surface area contributed by atoms with E-state index in [-0.39, 0.29) is 5.56 Å². The minimum atomic E-state index is -0.434. The van der Waals surface area contributed by atoms with E-state index in [1.54, 1.807) is 24.3 Å². The zero-order valence-electron chi connectivity index (χ0n) is 12.8. The number of H-pyrrole nitrogens is 1. The highest BCUT2D eigenvalue weighted by atomic mass is 32.2. The molecule has 0 saturated carbocycles. The Hall–Kier alpha value is -3.04. The van der Waals surface area contributed by atoms with E-state index in [2.05, 4.69) is 9.97 Å². The molecule has 5 nitrogen and oxygen atoms in total. The molecule has 0 spiro atoms. The molecule has 0 atom stereocenters. The van der Waals surface area contributed by atoms with Gasteiger partial charge in [0, 0.05) is 5.56 Å². The summed E-state index contributed by atoms with van der Waals surface area (Å²) in [5.74, 6) is 1.40. The van der Waals surface area contributed by atoms with Gasteiger partial charge >= 0.3 is 0 Å². The summed E-state index contributed by atoms with van der Waals surface area (Å²) in [6.45, 7) is 0. The van der Waals surface area contributed by atoms with Gasteiger partial charge in [-0.25, -0.2) is 4.98 Å². The molecule has 0 aliphatic carbocycles. The fourth-order valence-corrected chi connectivity index (χ4v) is 2.54. The van der Waals surface area contributed by atoms with E-state index in [1.807, 2.05) is 42.7 Å². The Morgan fingerprint density at radius 2 is 1.75 bits per heavy atom. The number of hydrogen-bond acceptors (Lipinski definition) is 5. The van der Waals surface area contributed by atoms with Crippen molar-refractivity contribution in [3.8, 4) is 28.8 Å². The maximum Gasteiger partial charge on any atom is 0.270 e. The number of rotatable bonds is 4. The summed E-state index contributed by atoms with van der Waals surface area (Å²) in [7, 11) is 0. The lowest BCUT2D eigenvalue weighted by Gasteiger charge is -2.08. The average molecular weight is 335 g/mol. The molecular formula is C18H13N3O2S. The molecule has 0 unspecified atom stereocenters. The van der Waals surface area contributed by atoms with Crippen molar-refractivity contribution in [3.05, 3.63) is 70.5 Å². The molecule has 118 valence electrons. The van der Waals surface area contributed by atoms with Crippen molar-refractivity contribution in [2.45, 2.75) is 5.16 Å². The van der Waals surface area contributed by atoms with Crippen LogP contribution in [0.5, 0.6) is 11.5 Å². The van der Waals surface area contributed by atoms with Gasteiger partial charge in [-0.3, -0.25) is 4.79 Å². The van der Waals surface area contributed by atoms with Crippen molar-refractivity contribution >= 4 is 11.8 Å². The largest absolute Gasteiger partial charge is 0.457 e. The molecule has 0 bridgehead atoms. The number of aromatic nitrogens is 2. The normalized spacial score (nSPS) is 10.2. The Kier molecular flexibility index (Phi) is 4.64. The van der Waals surface area contributed by atoms with E-state index in [9.17, 15) is 10.1 Å². The van der Waals surface area contributed by atoms with Gasteiger partial charge in [0.2, 0.25) is 0 Å². The van der Waals surface area contributed by atoms with Crippen LogP contribution in [0.3, 0.4) is 0 Å². The molecule has 6 heteroatoms. The predicted molar refractivity (Wildman–Crippen MR) is 93.3 cm³/mol. The van der Waals surface area contributed by atoms with Crippen LogP contribution in [0.2, 0.25) is 0 Å². The standard InChI is InChI=1S/C18H13N3O2S/c1-24-18-20-16(15(11-19)17(22)21-18)12-7-9-14(10-8-12)23-13-5-3-2-4-6-13/h2-10H,1H3,(H,20,21,22). The second kappa shape index (κ2) is 7.02.